The van der Waals surface area contributed by atoms with Crippen LogP contribution in [0.2, 0.25) is 0 Å². The summed E-state index contributed by atoms with van der Waals surface area (Å²) in [4.78, 5) is 12.8. The second-order valence-corrected chi connectivity index (χ2v) is 10.1. The van der Waals surface area contributed by atoms with Crippen molar-refractivity contribution in [3.63, 3.8) is 0 Å². The average Bonchev–Trinajstić information content (AvgIpc) is 3.08. The first kappa shape index (κ1) is 23.3. The van der Waals surface area contributed by atoms with Gasteiger partial charge in [-0.15, -0.1) is 0 Å². The van der Waals surface area contributed by atoms with Crippen LogP contribution in [0.3, 0.4) is 0 Å². The van der Waals surface area contributed by atoms with Gasteiger partial charge in [-0.3, -0.25) is 4.79 Å². The fraction of sp³-hybridized carbons (Fsp3) is 0.731. The summed E-state index contributed by atoms with van der Waals surface area (Å²) in [5, 5.41) is 13.2. The third kappa shape index (κ3) is 5.08. The van der Waals surface area contributed by atoms with Gasteiger partial charge in [0.2, 0.25) is 5.91 Å². The molecular formula is C26H42N2O2. The number of rotatable bonds is 7. The van der Waals surface area contributed by atoms with Crippen LogP contribution in [0.1, 0.15) is 78.1 Å². The number of hydrogen-bond acceptors (Lipinski definition) is 3. The van der Waals surface area contributed by atoms with E-state index in [-0.39, 0.29) is 23.3 Å². The molecule has 0 radical (unpaired) electrons. The monoisotopic (exact) mass is 414 g/mol. The van der Waals surface area contributed by atoms with E-state index in [0.29, 0.717) is 18.4 Å². The van der Waals surface area contributed by atoms with Gasteiger partial charge < -0.3 is 16.2 Å². The summed E-state index contributed by atoms with van der Waals surface area (Å²) >= 11 is 0. The number of nitrogens with one attached hydrogen (secondary N) is 1. The minimum atomic E-state index is -0.225. The Hall–Kier alpha value is -1.39. The quantitative estimate of drug-likeness (QED) is 0.531. The molecule has 3 aliphatic rings. The predicted molar refractivity (Wildman–Crippen MR) is 124 cm³/mol. The van der Waals surface area contributed by atoms with Crippen molar-refractivity contribution in [3.05, 3.63) is 35.5 Å². The van der Waals surface area contributed by atoms with Crippen LogP contribution in [-0.2, 0) is 4.79 Å². The highest BCUT2D eigenvalue weighted by molar-refractivity contribution is 5.78. The standard InChI is InChI=1S/C26H42N2O2/c1-18-8-11-22(29)17-21(18)10-9-20-7-6-14-26(3)23(12-13-24(20)26)19(2)25(30)28-16-5-4-15-27/h9-10,19,22-24,29H,1,4-8,11-17,27H2,2-3H3,(H,28,30)/b20-9+,21-10-/t19?,22-,23?,24?,26+/m0/s1. The van der Waals surface area contributed by atoms with Crippen LogP contribution in [0.15, 0.2) is 35.5 Å². The molecule has 3 saturated carbocycles. The zero-order valence-corrected chi connectivity index (χ0v) is 19.1. The SMILES string of the molecule is C=C1CC[C@H](O)C/C1=C/C=C1\CCC[C@@]2(C)C1CCC2C(C)C(=O)NCCCCN. The Morgan fingerprint density at radius 3 is 2.87 bits per heavy atom. The van der Waals surface area contributed by atoms with E-state index >= 15 is 0 Å². The average molecular weight is 415 g/mol. The third-order valence-corrected chi connectivity index (χ3v) is 8.17. The van der Waals surface area contributed by atoms with Gasteiger partial charge in [0.1, 0.15) is 0 Å². The molecule has 3 aliphatic carbocycles. The third-order valence-electron chi connectivity index (χ3n) is 8.17. The molecule has 0 heterocycles. The van der Waals surface area contributed by atoms with Crippen molar-refractivity contribution >= 4 is 5.91 Å². The highest BCUT2D eigenvalue weighted by atomic mass is 16.3. The number of amides is 1. The number of hydrogen-bond donors (Lipinski definition) is 3. The summed E-state index contributed by atoms with van der Waals surface area (Å²) in [5.41, 5.74) is 9.70. The fourth-order valence-electron chi connectivity index (χ4n) is 6.32. The van der Waals surface area contributed by atoms with E-state index in [2.05, 4.69) is 37.9 Å². The molecular weight excluding hydrogens is 372 g/mol. The molecule has 30 heavy (non-hydrogen) atoms. The maximum absolute atomic E-state index is 12.8. The van der Waals surface area contributed by atoms with Gasteiger partial charge in [0.25, 0.3) is 0 Å². The lowest BCUT2D eigenvalue weighted by molar-refractivity contribution is -0.127. The number of allylic oxidation sites excluding steroid dienone is 4. The Kier molecular flexibility index (Phi) is 7.98. The molecule has 5 atom stereocenters. The second-order valence-electron chi connectivity index (χ2n) is 10.1. The highest BCUT2D eigenvalue weighted by Crippen LogP contribution is 2.59. The van der Waals surface area contributed by atoms with Crippen LogP contribution in [0.4, 0.5) is 0 Å². The molecule has 168 valence electrons. The minimum absolute atomic E-state index is 0.0591. The largest absolute Gasteiger partial charge is 0.393 e. The molecule has 0 bridgehead atoms. The van der Waals surface area contributed by atoms with Gasteiger partial charge >= 0.3 is 0 Å². The fourth-order valence-corrected chi connectivity index (χ4v) is 6.32. The van der Waals surface area contributed by atoms with Gasteiger partial charge in [-0.25, -0.2) is 0 Å². The Morgan fingerprint density at radius 1 is 1.30 bits per heavy atom. The lowest BCUT2D eigenvalue weighted by atomic mass is 9.61. The molecule has 0 aromatic carbocycles. The smallest absolute Gasteiger partial charge is 0.223 e. The number of aliphatic hydroxyl groups is 1. The molecule has 0 aromatic rings. The summed E-state index contributed by atoms with van der Waals surface area (Å²) in [6, 6.07) is 0. The van der Waals surface area contributed by atoms with E-state index in [9.17, 15) is 9.90 Å². The number of aliphatic hydroxyl groups excluding tert-OH is 1. The first-order valence-electron chi connectivity index (χ1n) is 12.1. The van der Waals surface area contributed by atoms with Crippen LogP contribution in [0, 0.1) is 23.2 Å². The van der Waals surface area contributed by atoms with Gasteiger partial charge in [-0.2, -0.15) is 0 Å². The number of carbonyl (C=O) groups excluding carboxylic acids is 1. The minimum Gasteiger partial charge on any atom is -0.393 e. The van der Waals surface area contributed by atoms with Crippen molar-refractivity contribution < 1.29 is 9.90 Å². The molecule has 0 saturated heterocycles. The summed E-state index contributed by atoms with van der Waals surface area (Å²) in [6.07, 6.45) is 14.6. The van der Waals surface area contributed by atoms with Crippen LogP contribution >= 0.6 is 0 Å². The van der Waals surface area contributed by atoms with Crippen molar-refractivity contribution in [1.29, 1.82) is 0 Å². The van der Waals surface area contributed by atoms with Gasteiger partial charge in [0, 0.05) is 12.5 Å². The zero-order valence-electron chi connectivity index (χ0n) is 19.1. The number of fused-ring (bicyclic) bond motifs is 1. The van der Waals surface area contributed by atoms with Crippen molar-refractivity contribution in [2.75, 3.05) is 13.1 Å². The molecule has 3 unspecified atom stereocenters. The first-order chi connectivity index (χ1) is 14.4. The maximum atomic E-state index is 12.8. The van der Waals surface area contributed by atoms with Crippen molar-refractivity contribution in [2.45, 2.75) is 84.2 Å². The Bertz CT molecular complexity index is 695. The highest BCUT2D eigenvalue weighted by Gasteiger charge is 2.51. The number of nitrogens with two attached hydrogens (primary N) is 1. The van der Waals surface area contributed by atoms with Gasteiger partial charge in [-0.05, 0) is 93.6 Å². The molecule has 4 N–H and O–H groups in total. The lowest BCUT2D eigenvalue weighted by Gasteiger charge is -2.44. The summed E-state index contributed by atoms with van der Waals surface area (Å²) < 4.78 is 0. The van der Waals surface area contributed by atoms with Crippen LogP contribution in [0.25, 0.3) is 0 Å². The summed E-state index contributed by atoms with van der Waals surface area (Å²) in [7, 11) is 0. The predicted octanol–water partition coefficient (Wildman–Crippen LogP) is 4.65. The van der Waals surface area contributed by atoms with Crippen LogP contribution in [0.5, 0.6) is 0 Å². The molecule has 4 heteroatoms. The zero-order chi connectivity index (χ0) is 21.7. The Morgan fingerprint density at radius 2 is 2.10 bits per heavy atom. The van der Waals surface area contributed by atoms with Gasteiger partial charge in [-0.1, -0.05) is 43.7 Å². The van der Waals surface area contributed by atoms with Gasteiger partial charge in [0.05, 0.1) is 6.10 Å². The van der Waals surface area contributed by atoms with E-state index in [4.69, 9.17) is 5.73 Å². The normalized spacial score (nSPS) is 35.5. The van der Waals surface area contributed by atoms with Crippen molar-refractivity contribution in [2.24, 2.45) is 28.9 Å². The summed E-state index contributed by atoms with van der Waals surface area (Å²) in [5.74, 6) is 1.29. The van der Waals surface area contributed by atoms with E-state index in [1.54, 1.807) is 5.57 Å². The lowest BCUT2D eigenvalue weighted by Crippen LogP contribution is -2.41. The summed E-state index contributed by atoms with van der Waals surface area (Å²) in [6.45, 7) is 10.2. The Balaban J connectivity index is 1.69. The van der Waals surface area contributed by atoms with Crippen LogP contribution in [-0.4, -0.2) is 30.2 Å². The van der Waals surface area contributed by atoms with Crippen molar-refractivity contribution in [3.8, 4) is 0 Å². The number of carbonyl (C=O) groups is 1. The molecule has 4 nitrogen and oxygen atoms in total. The van der Waals surface area contributed by atoms with E-state index in [1.807, 2.05) is 0 Å². The molecule has 3 fully saturated rings. The van der Waals surface area contributed by atoms with Gasteiger partial charge in [0.15, 0.2) is 0 Å². The first-order valence-corrected chi connectivity index (χ1v) is 12.1. The molecule has 0 aromatic heterocycles. The molecule has 1 amide bonds. The van der Waals surface area contributed by atoms with E-state index < -0.39 is 0 Å². The van der Waals surface area contributed by atoms with Crippen LogP contribution < -0.4 is 11.1 Å². The molecule has 0 spiro atoms. The topological polar surface area (TPSA) is 75.3 Å². The number of unbranched alkanes of at least 4 members (excludes halogenated alkanes) is 1. The van der Waals surface area contributed by atoms with Crippen molar-refractivity contribution in [1.82, 2.24) is 5.32 Å². The maximum Gasteiger partial charge on any atom is 0.223 e. The second kappa shape index (κ2) is 10.3. The molecule has 3 rings (SSSR count). The Labute approximate surface area is 183 Å². The van der Waals surface area contributed by atoms with E-state index in [0.717, 1.165) is 51.5 Å². The van der Waals surface area contributed by atoms with E-state index in [1.165, 1.54) is 30.4 Å². The molecule has 0 aliphatic heterocycles.